The molecule has 6 bridgehead atoms. The van der Waals surface area contributed by atoms with Gasteiger partial charge in [-0.05, 0) is 23.0 Å². The van der Waals surface area contributed by atoms with Gasteiger partial charge in [0.15, 0.2) is 0 Å². The van der Waals surface area contributed by atoms with E-state index < -0.39 is 0 Å². The molecule has 1 aromatic rings. The zero-order chi connectivity index (χ0) is 9.73. The quantitative estimate of drug-likeness (QED) is 0.593. The third-order valence-corrected chi connectivity index (χ3v) is 4.91. The van der Waals surface area contributed by atoms with Crippen LogP contribution in [0.2, 0.25) is 0 Å². The summed E-state index contributed by atoms with van der Waals surface area (Å²) >= 11 is 0. The lowest BCUT2D eigenvalue weighted by Crippen LogP contribution is -2.24. The SMILES string of the molecule is O=C1O[C@H]2[C@H]3c4ccccc4[C@@H]4[C@@H]2[C@H]4[C@@H]13. The first-order valence-electron chi connectivity index (χ1n) is 5.67. The van der Waals surface area contributed by atoms with Gasteiger partial charge in [-0.3, -0.25) is 4.79 Å². The standard InChI is InChI=1S/C13H10O2/c14-13-11-8-6-4-2-1-3-5(6)7-9(11)10(7)12(8)15-13/h1-4,7-12H/t7-,8-,9-,10+,11-,12-/m0/s1. The van der Waals surface area contributed by atoms with Crippen molar-refractivity contribution in [3.8, 4) is 0 Å². The maximum atomic E-state index is 11.7. The van der Waals surface area contributed by atoms with E-state index in [0.717, 1.165) is 0 Å². The maximum Gasteiger partial charge on any atom is 0.310 e. The average Bonchev–Trinajstić information content (AvgIpc) is 2.84. The summed E-state index contributed by atoms with van der Waals surface area (Å²) in [6.45, 7) is 0. The number of benzene rings is 1. The maximum absolute atomic E-state index is 11.7. The van der Waals surface area contributed by atoms with E-state index in [2.05, 4.69) is 24.3 Å². The van der Waals surface area contributed by atoms with Crippen LogP contribution in [0.5, 0.6) is 0 Å². The predicted molar refractivity (Wildman–Crippen MR) is 52.3 cm³/mol. The van der Waals surface area contributed by atoms with Crippen LogP contribution in [0.3, 0.4) is 0 Å². The van der Waals surface area contributed by atoms with Crippen molar-refractivity contribution in [2.75, 3.05) is 0 Å². The molecule has 1 aliphatic heterocycles. The average molecular weight is 198 g/mol. The Morgan fingerprint density at radius 2 is 1.67 bits per heavy atom. The molecule has 3 fully saturated rings. The summed E-state index contributed by atoms with van der Waals surface area (Å²) < 4.78 is 5.47. The molecule has 6 rings (SSSR count). The Bertz CT molecular complexity index is 507. The van der Waals surface area contributed by atoms with Crippen molar-refractivity contribution in [1.29, 1.82) is 0 Å². The van der Waals surface area contributed by atoms with Crippen molar-refractivity contribution in [3.63, 3.8) is 0 Å². The van der Waals surface area contributed by atoms with Crippen molar-refractivity contribution in [3.05, 3.63) is 35.4 Å². The second-order valence-corrected chi connectivity index (χ2v) is 5.26. The Kier molecular flexibility index (Phi) is 0.865. The number of carbonyl (C=O) groups is 1. The van der Waals surface area contributed by atoms with Gasteiger partial charge in [0.2, 0.25) is 0 Å². The van der Waals surface area contributed by atoms with Crippen molar-refractivity contribution in [1.82, 2.24) is 0 Å². The fraction of sp³-hybridized carbons (Fsp3) is 0.462. The number of ether oxygens (including phenoxy) is 1. The van der Waals surface area contributed by atoms with Crippen LogP contribution in [0.4, 0.5) is 0 Å². The van der Waals surface area contributed by atoms with Crippen LogP contribution in [0.1, 0.15) is 23.0 Å². The monoisotopic (exact) mass is 198 g/mol. The normalized spacial score (nSPS) is 51.3. The van der Waals surface area contributed by atoms with Gasteiger partial charge in [0.25, 0.3) is 0 Å². The summed E-state index contributed by atoms with van der Waals surface area (Å²) in [5.74, 6) is 2.63. The van der Waals surface area contributed by atoms with Crippen LogP contribution in [0, 0.1) is 17.8 Å². The summed E-state index contributed by atoms with van der Waals surface area (Å²) in [7, 11) is 0. The van der Waals surface area contributed by atoms with E-state index in [-0.39, 0.29) is 18.0 Å². The first kappa shape index (κ1) is 7.04. The molecule has 15 heavy (non-hydrogen) atoms. The van der Waals surface area contributed by atoms with Crippen LogP contribution in [-0.2, 0) is 9.53 Å². The van der Waals surface area contributed by atoms with Crippen LogP contribution in [0.25, 0.3) is 0 Å². The predicted octanol–water partition coefficient (Wildman–Crippen LogP) is 1.67. The van der Waals surface area contributed by atoms with E-state index in [9.17, 15) is 4.79 Å². The Hall–Kier alpha value is -1.31. The second kappa shape index (κ2) is 1.84. The van der Waals surface area contributed by atoms with Gasteiger partial charge >= 0.3 is 5.97 Å². The molecule has 6 atom stereocenters. The first-order chi connectivity index (χ1) is 7.38. The molecule has 1 saturated heterocycles. The van der Waals surface area contributed by atoms with E-state index in [4.69, 9.17) is 4.74 Å². The zero-order valence-corrected chi connectivity index (χ0v) is 8.09. The van der Waals surface area contributed by atoms with Crippen LogP contribution < -0.4 is 0 Å². The lowest BCUT2D eigenvalue weighted by molar-refractivity contribution is -0.148. The fourth-order valence-corrected chi connectivity index (χ4v) is 4.50. The van der Waals surface area contributed by atoms with Gasteiger partial charge in [-0.15, -0.1) is 0 Å². The highest BCUT2D eigenvalue weighted by molar-refractivity contribution is 5.82. The third kappa shape index (κ3) is 0.543. The van der Waals surface area contributed by atoms with Crippen molar-refractivity contribution in [2.24, 2.45) is 17.8 Å². The fourth-order valence-electron chi connectivity index (χ4n) is 4.50. The van der Waals surface area contributed by atoms with Gasteiger partial charge in [-0.2, -0.15) is 0 Å². The van der Waals surface area contributed by atoms with Gasteiger partial charge in [-0.1, -0.05) is 24.3 Å². The number of rotatable bonds is 0. The Balaban J connectivity index is 1.84. The highest BCUT2D eigenvalue weighted by Crippen LogP contribution is 2.77. The molecule has 0 N–H and O–H groups in total. The van der Waals surface area contributed by atoms with E-state index in [1.807, 2.05) is 0 Å². The summed E-state index contributed by atoms with van der Waals surface area (Å²) in [5.41, 5.74) is 2.90. The lowest BCUT2D eigenvalue weighted by Gasteiger charge is -2.27. The van der Waals surface area contributed by atoms with Gasteiger partial charge in [-0.25, -0.2) is 0 Å². The summed E-state index contributed by atoms with van der Waals surface area (Å²) in [4.78, 5) is 11.7. The minimum absolute atomic E-state index is 0.0725. The molecular formula is C13H10O2. The first-order valence-corrected chi connectivity index (χ1v) is 5.67. The Morgan fingerprint density at radius 3 is 2.40 bits per heavy atom. The van der Waals surface area contributed by atoms with Gasteiger partial charge < -0.3 is 4.74 Å². The lowest BCUT2D eigenvalue weighted by atomic mass is 9.74. The molecule has 0 unspecified atom stereocenters. The highest BCUT2D eigenvalue weighted by atomic mass is 16.6. The molecule has 74 valence electrons. The number of carbonyl (C=O) groups excluding carboxylic acids is 1. The molecule has 4 aliphatic carbocycles. The smallest absolute Gasteiger partial charge is 0.310 e. The Morgan fingerprint density at radius 1 is 0.933 bits per heavy atom. The molecule has 2 saturated carbocycles. The van der Waals surface area contributed by atoms with E-state index in [1.165, 1.54) is 11.1 Å². The number of esters is 1. The topological polar surface area (TPSA) is 26.3 Å². The molecule has 0 spiro atoms. The van der Waals surface area contributed by atoms with E-state index in [0.29, 0.717) is 23.7 Å². The summed E-state index contributed by atoms with van der Waals surface area (Å²) in [6, 6.07) is 8.62. The minimum Gasteiger partial charge on any atom is -0.461 e. The summed E-state index contributed by atoms with van der Waals surface area (Å²) in [5, 5.41) is 0. The molecule has 0 radical (unpaired) electrons. The van der Waals surface area contributed by atoms with E-state index in [1.54, 1.807) is 0 Å². The molecule has 1 heterocycles. The number of hydrogen-bond donors (Lipinski definition) is 0. The number of hydrogen-bond acceptors (Lipinski definition) is 2. The van der Waals surface area contributed by atoms with Crippen LogP contribution >= 0.6 is 0 Å². The molecule has 0 aromatic heterocycles. The summed E-state index contributed by atoms with van der Waals surface area (Å²) in [6.07, 6.45) is 0.229. The van der Waals surface area contributed by atoms with Crippen molar-refractivity contribution < 1.29 is 9.53 Å². The molecule has 1 aromatic carbocycles. The molecule has 2 nitrogen and oxygen atoms in total. The second-order valence-electron chi connectivity index (χ2n) is 5.26. The minimum atomic E-state index is 0.0725. The van der Waals surface area contributed by atoms with E-state index >= 15 is 0 Å². The largest absolute Gasteiger partial charge is 0.461 e. The van der Waals surface area contributed by atoms with Gasteiger partial charge in [0, 0.05) is 11.8 Å². The van der Waals surface area contributed by atoms with Crippen LogP contribution in [-0.4, -0.2) is 12.1 Å². The molecular weight excluding hydrogens is 188 g/mol. The van der Waals surface area contributed by atoms with Gasteiger partial charge in [0.1, 0.15) is 6.10 Å². The zero-order valence-electron chi connectivity index (χ0n) is 8.09. The van der Waals surface area contributed by atoms with Crippen LogP contribution in [0.15, 0.2) is 24.3 Å². The Labute approximate surface area is 87.2 Å². The molecule has 2 heteroatoms. The van der Waals surface area contributed by atoms with Crippen molar-refractivity contribution in [2.45, 2.75) is 17.9 Å². The van der Waals surface area contributed by atoms with Gasteiger partial charge in [0.05, 0.1) is 5.92 Å². The molecule has 0 amide bonds. The van der Waals surface area contributed by atoms with Crippen molar-refractivity contribution >= 4 is 5.97 Å². The molecule has 5 aliphatic rings. The highest BCUT2D eigenvalue weighted by Gasteiger charge is 2.78. The third-order valence-electron chi connectivity index (χ3n) is 4.91.